The zero-order chi connectivity index (χ0) is 24.9. The Balaban J connectivity index is 1.90. The Morgan fingerprint density at radius 3 is 2.32 bits per heavy atom. The molecule has 8 nitrogen and oxygen atoms in total. The van der Waals surface area contributed by atoms with Gasteiger partial charge in [-0.2, -0.15) is 13.2 Å². The van der Waals surface area contributed by atoms with Gasteiger partial charge in [-0.25, -0.2) is 4.79 Å². The van der Waals surface area contributed by atoms with Gasteiger partial charge in [0, 0.05) is 24.0 Å². The first-order chi connectivity index (χ1) is 16.1. The summed E-state index contributed by atoms with van der Waals surface area (Å²) in [7, 11) is 0. The molecular weight excluding hydrogens is 451 g/mol. The van der Waals surface area contributed by atoms with Crippen LogP contribution in [-0.4, -0.2) is 42.7 Å². The molecular formula is C23H22F3N5O3. The first-order valence-electron chi connectivity index (χ1n) is 10.3. The number of halogens is 3. The average Bonchev–Trinajstić information content (AvgIpc) is 3.10. The van der Waals surface area contributed by atoms with Crippen molar-refractivity contribution < 1.29 is 27.6 Å². The van der Waals surface area contributed by atoms with Crippen LogP contribution in [0.15, 0.2) is 60.3 Å². The standard InChI is InChI=1S/C23H22F3N5O3/c1-2-28-18(11-12-27)22(20(33)30-21(34)31-22)13-29-19(32)17-6-4-3-5-16(17)14-7-9-15(10-8-14)23(24,25)26/h3-12,27-28H,2,13H2,1H3,(H,29,32)(H2,30,31,33,34)/b18-11-,27-12?. The topological polar surface area (TPSA) is 123 Å². The summed E-state index contributed by atoms with van der Waals surface area (Å²) in [6.45, 7) is 1.81. The Bertz CT molecular complexity index is 1150. The Morgan fingerprint density at radius 2 is 1.76 bits per heavy atom. The van der Waals surface area contributed by atoms with Gasteiger partial charge in [0.05, 0.1) is 12.1 Å². The van der Waals surface area contributed by atoms with Gasteiger partial charge >= 0.3 is 12.2 Å². The number of alkyl halides is 3. The van der Waals surface area contributed by atoms with Crippen LogP contribution < -0.4 is 21.3 Å². The van der Waals surface area contributed by atoms with Gasteiger partial charge in [0.25, 0.3) is 11.8 Å². The summed E-state index contributed by atoms with van der Waals surface area (Å²) in [5.74, 6) is -1.31. The number of urea groups is 1. The van der Waals surface area contributed by atoms with E-state index in [2.05, 4.69) is 21.3 Å². The van der Waals surface area contributed by atoms with E-state index in [4.69, 9.17) is 5.41 Å². The van der Waals surface area contributed by atoms with Crippen LogP contribution in [0.4, 0.5) is 18.0 Å². The largest absolute Gasteiger partial charge is 0.416 e. The number of allylic oxidation sites excluding steroid dienone is 1. The van der Waals surface area contributed by atoms with Gasteiger partial charge in [0.2, 0.25) is 0 Å². The molecule has 2 aromatic carbocycles. The molecule has 1 heterocycles. The van der Waals surface area contributed by atoms with Crippen LogP contribution >= 0.6 is 0 Å². The van der Waals surface area contributed by atoms with Crippen LogP contribution in [0.3, 0.4) is 0 Å². The summed E-state index contributed by atoms with van der Waals surface area (Å²) in [6.07, 6.45) is -2.24. The summed E-state index contributed by atoms with van der Waals surface area (Å²) in [5, 5.41) is 17.6. The predicted octanol–water partition coefficient (Wildman–Crippen LogP) is 2.82. The van der Waals surface area contributed by atoms with Crippen molar-refractivity contribution >= 4 is 24.1 Å². The quantitative estimate of drug-likeness (QED) is 0.299. The van der Waals surface area contributed by atoms with E-state index in [0.717, 1.165) is 18.3 Å². The number of hydrogen-bond donors (Lipinski definition) is 5. The average molecular weight is 473 g/mol. The highest BCUT2D eigenvalue weighted by Crippen LogP contribution is 2.32. The Morgan fingerprint density at radius 1 is 1.09 bits per heavy atom. The minimum Gasteiger partial charge on any atom is -0.386 e. The third-order valence-electron chi connectivity index (χ3n) is 5.23. The molecule has 11 heteroatoms. The summed E-state index contributed by atoms with van der Waals surface area (Å²) in [6, 6.07) is 10.0. The number of hydrogen-bond acceptors (Lipinski definition) is 5. The number of amides is 4. The molecule has 4 amide bonds. The molecule has 0 radical (unpaired) electrons. The van der Waals surface area contributed by atoms with E-state index in [9.17, 15) is 27.6 Å². The molecule has 1 unspecified atom stereocenters. The highest BCUT2D eigenvalue weighted by atomic mass is 19.4. The minimum absolute atomic E-state index is 0.170. The van der Waals surface area contributed by atoms with Crippen molar-refractivity contribution in [2.45, 2.75) is 18.6 Å². The maximum Gasteiger partial charge on any atom is 0.416 e. The molecule has 1 aliphatic rings. The molecule has 3 rings (SSSR count). The molecule has 0 aromatic heterocycles. The van der Waals surface area contributed by atoms with Crippen LogP contribution in [0.1, 0.15) is 22.8 Å². The fraction of sp³-hybridized carbons (Fsp3) is 0.217. The molecule has 0 bridgehead atoms. The molecule has 1 atom stereocenters. The van der Waals surface area contributed by atoms with Crippen LogP contribution in [0, 0.1) is 5.41 Å². The van der Waals surface area contributed by atoms with Crippen molar-refractivity contribution in [2.75, 3.05) is 13.1 Å². The first-order valence-corrected chi connectivity index (χ1v) is 10.3. The van der Waals surface area contributed by atoms with E-state index in [-0.39, 0.29) is 17.8 Å². The maximum atomic E-state index is 13.1. The number of nitrogens with one attached hydrogen (secondary N) is 5. The zero-order valence-electron chi connectivity index (χ0n) is 18.0. The lowest BCUT2D eigenvalue weighted by Gasteiger charge is -2.29. The first kappa shape index (κ1) is 24.5. The van der Waals surface area contributed by atoms with Crippen LogP contribution in [0.2, 0.25) is 0 Å². The predicted molar refractivity (Wildman–Crippen MR) is 119 cm³/mol. The molecule has 2 aromatic rings. The van der Waals surface area contributed by atoms with E-state index in [1.165, 1.54) is 24.3 Å². The fourth-order valence-corrected chi connectivity index (χ4v) is 3.61. The van der Waals surface area contributed by atoms with Gasteiger partial charge in [0.15, 0.2) is 5.54 Å². The minimum atomic E-state index is -4.48. The van der Waals surface area contributed by atoms with E-state index < -0.39 is 35.1 Å². The van der Waals surface area contributed by atoms with E-state index in [1.807, 2.05) is 0 Å². The maximum absolute atomic E-state index is 13.1. The highest BCUT2D eigenvalue weighted by Gasteiger charge is 2.49. The van der Waals surface area contributed by atoms with E-state index in [0.29, 0.717) is 17.7 Å². The van der Waals surface area contributed by atoms with Crippen molar-refractivity contribution in [3.05, 3.63) is 71.4 Å². The number of carbonyl (C=O) groups excluding carboxylic acids is 3. The summed E-state index contributed by atoms with van der Waals surface area (Å²) in [5.41, 5.74) is -1.30. The molecule has 5 N–H and O–H groups in total. The molecule has 0 aliphatic carbocycles. The summed E-state index contributed by atoms with van der Waals surface area (Å²) >= 11 is 0. The molecule has 34 heavy (non-hydrogen) atoms. The van der Waals surface area contributed by atoms with Crippen molar-refractivity contribution in [1.82, 2.24) is 21.3 Å². The third-order valence-corrected chi connectivity index (χ3v) is 5.23. The highest BCUT2D eigenvalue weighted by molar-refractivity contribution is 6.10. The molecule has 0 spiro atoms. The van der Waals surface area contributed by atoms with Gasteiger partial charge < -0.3 is 21.4 Å². The monoisotopic (exact) mass is 473 g/mol. The molecule has 1 saturated heterocycles. The molecule has 1 aliphatic heterocycles. The lowest BCUT2D eigenvalue weighted by atomic mass is 9.93. The van der Waals surface area contributed by atoms with Crippen molar-refractivity contribution in [2.24, 2.45) is 0 Å². The molecule has 0 saturated carbocycles. The smallest absolute Gasteiger partial charge is 0.386 e. The Hall–Kier alpha value is -4.15. The normalized spacial score (nSPS) is 18.2. The van der Waals surface area contributed by atoms with E-state index in [1.54, 1.807) is 25.1 Å². The molecule has 1 fully saturated rings. The Kier molecular flexibility index (Phi) is 7.04. The number of benzene rings is 2. The number of carbonyl (C=O) groups is 3. The number of rotatable bonds is 8. The van der Waals surface area contributed by atoms with Crippen molar-refractivity contribution in [3.8, 4) is 11.1 Å². The summed E-state index contributed by atoms with van der Waals surface area (Å²) in [4.78, 5) is 37.6. The fourth-order valence-electron chi connectivity index (χ4n) is 3.61. The Labute approximate surface area is 193 Å². The van der Waals surface area contributed by atoms with Crippen molar-refractivity contribution in [1.29, 1.82) is 5.41 Å². The second-order valence-corrected chi connectivity index (χ2v) is 7.39. The van der Waals surface area contributed by atoms with Crippen LogP contribution in [0.25, 0.3) is 11.1 Å². The third kappa shape index (κ3) is 4.92. The van der Waals surface area contributed by atoms with Crippen molar-refractivity contribution in [3.63, 3.8) is 0 Å². The van der Waals surface area contributed by atoms with Crippen LogP contribution in [0.5, 0.6) is 0 Å². The lowest BCUT2D eigenvalue weighted by molar-refractivity contribution is -0.137. The second-order valence-electron chi connectivity index (χ2n) is 7.39. The van der Waals surface area contributed by atoms with Crippen LogP contribution in [-0.2, 0) is 11.0 Å². The molecule has 178 valence electrons. The van der Waals surface area contributed by atoms with Gasteiger partial charge in [0.1, 0.15) is 0 Å². The SMILES string of the molecule is CCN/C(=C\C=N)C1(CNC(=O)c2ccccc2-c2ccc(C(F)(F)F)cc2)NC(=O)NC1=O. The second kappa shape index (κ2) is 9.77. The van der Waals surface area contributed by atoms with Gasteiger partial charge in [-0.05, 0) is 42.3 Å². The van der Waals surface area contributed by atoms with Gasteiger partial charge in [-0.15, -0.1) is 0 Å². The summed E-state index contributed by atoms with van der Waals surface area (Å²) < 4.78 is 38.7. The van der Waals surface area contributed by atoms with Gasteiger partial charge in [-0.3, -0.25) is 14.9 Å². The van der Waals surface area contributed by atoms with Gasteiger partial charge in [-0.1, -0.05) is 30.3 Å². The lowest BCUT2D eigenvalue weighted by Crippen LogP contribution is -2.59. The number of imide groups is 1. The van der Waals surface area contributed by atoms with E-state index >= 15 is 0 Å². The zero-order valence-corrected chi connectivity index (χ0v) is 18.0. The number of likely N-dealkylation sites (N-methyl/N-ethyl adjacent to an activating group) is 1.